The van der Waals surface area contributed by atoms with E-state index in [4.69, 9.17) is 0 Å². The predicted molar refractivity (Wildman–Crippen MR) is 59.3 cm³/mol. The minimum atomic E-state index is 0.657. The summed E-state index contributed by atoms with van der Waals surface area (Å²) in [6, 6.07) is 0. The van der Waals surface area contributed by atoms with Gasteiger partial charge in [-0.05, 0) is 56.4 Å². The molecule has 1 saturated carbocycles. The van der Waals surface area contributed by atoms with Crippen LogP contribution in [0.2, 0.25) is 0 Å². The highest BCUT2D eigenvalue weighted by atomic mass is 15.3. The smallest absolute Gasteiger partial charge is 0.0218 e. The molecule has 2 aliphatic heterocycles. The van der Waals surface area contributed by atoms with E-state index in [2.05, 4.69) is 18.7 Å². The SMILES string of the molecule is CC(C)CC12CCCN1CC1(CC1)C2. The molecule has 1 spiro atoms. The van der Waals surface area contributed by atoms with Crippen molar-refractivity contribution in [3.8, 4) is 0 Å². The first-order valence-electron chi connectivity index (χ1n) is 6.39. The van der Waals surface area contributed by atoms with Gasteiger partial charge in [-0.3, -0.25) is 4.90 Å². The third kappa shape index (κ3) is 1.25. The van der Waals surface area contributed by atoms with E-state index in [-0.39, 0.29) is 0 Å². The number of hydrogen-bond acceptors (Lipinski definition) is 1. The van der Waals surface area contributed by atoms with Crippen LogP contribution in [0.5, 0.6) is 0 Å². The van der Waals surface area contributed by atoms with Crippen LogP contribution >= 0.6 is 0 Å². The number of rotatable bonds is 2. The summed E-state index contributed by atoms with van der Waals surface area (Å²) >= 11 is 0. The number of hydrogen-bond donors (Lipinski definition) is 0. The van der Waals surface area contributed by atoms with E-state index >= 15 is 0 Å². The molecule has 3 fully saturated rings. The fourth-order valence-electron chi connectivity index (χ4n) is 4.17. The molecular weight excluding hydrogens is 170 g/mol. The van der Waals surface area contributed by atoms with Crippen LogP contribution in [0, 0.1) is 11.3 Å². The van der Waals surface area contributed by atoms with Crippen molar-refractivity contribution in [2.75, 3.05) is 13.1 Å². The molecule has 2 heterocycles. The maximum Gasteiger partial charge on any atom is 0.0218 e. The Morgan fingerprint density at radius 1 is 1.21 bits per heavy atom. The maximum atomic E-state index is 2.85. The van der Waals surface area contributed by atoms with Gasteiger partial charge in [0, 0.05) is 12.1 Å². The van der Waals surface area contributed by atoms with Gasteiger partial charge >= 0.3 is 0 Å². The molecule has 1 heteroatoms. The molecule has 0 aromatic rings. The maximum absolute atomic E-state index is 2.85. The van der Waals surface area contributed by atoms with Gasteiger partial charge in [0.05, 0.1) is 0 Å². The molecule has 1 unspecified atom stereocenters. The molecule has 3 rings (SSSR count). The van der Waals surface area contributed by atoms with Gasteiger partial charge in [0.25, 0.3) is 0 Å². The third-order valence-electron chi connectivity index (χ3n) is 4.72. The predicted octanol–water partition coefficient (Wildman–Crippen LogP) is 3.05. The van der Waals surface area contributed by atoms with Crippen molar-refractivity contribution < 1.29 is 0 Å². The van der Waals surface area contributed by atoms with Crippen LogP contribution in [0.15, 0.2) is 0 Å². The molecule has 1 atom stereocenters. The van der Waals surface area contributed by atoms with Crippen molar-refractivity contribution in [3.63, 3.8) is 0 Å². The van der Waals surface area contributed by atoms with Gasteiger partial charge in [0.2, 0.25) is 0 Å². The minimum absolute atomic E-state index is 0.657. The summed E-state index contributed by atoms with van der Waals surface area (Å²) in [6.45, 7) is 7.63. The summed E-state index contributed by atoms with van der Waals surface area (Å²) < 4.78 is 0. The Bertz CT molecular complexity index is 242. The second-order valence-electron chi connectivity index (χ2n) is 6.52. The summed E-state index contributed by atoms with van der Waals surface area (Å²) in [5.74, 6) is 0.879. The van der Waals surface area contributed by atoms with Crippen LogP contribution < -0.4 is 0 Å². The molecule has 0 radical (unpaired) electrons. The number of fused-ring (bicyclic) bond motifs is 1. The Kier molecular flexibility index (Phi) is 1.81. The van der Waals surface area contributed by atoms with Crippen molar-refractivity contribution in [1.29, 1.82) is 0 Å². The van der Waals surface area contributed by atoms with Crippen LogP contribution in [0.4, 0.5) is 0 Å². The van der Waals surface area contributed by atoms with Gasteiger partial charge in [0.1, 0.15) is 0 Å². The van der Waals surface area contributed by atoms with Crippen LogP contribution in [0.25, 0.3) is 0 Å². The summed E-state index contributed by atoms with van der Waals surface area (Å²) in [5.41, 5.74) is 1.47. The molecule has 0 aromatic heterocycles. The van der Waals surface area contributed by atoms with E-state index in [1.807, 2.05) is 0 Å². The van der Waals surface area contributed by atoms with E-state index < -0.39 is 0 Å². The minimum Gasteiger partial charge on any atom is -0.297 e. The lowest BCUT2D eigenvalue weighted by atomic mass is 9.82. The van der Waals surface area contributed by atoms with Crippen LogP contribution in [0.1, 0.15) is 52.4 Å². The first-order chi connectivity index (χ1) is 6.64. The largest absolute Gasteiger partial charge is 0.297 e. The van der Waals surface area contributed by atoms with Crippen LogP contribution in [0.3, 0.4) is 0 Å². The van der Waals surface area contributed by atoms with Gasteiger partial charge in [-0.1, -0.05) is 13.8 Å². The van der Waals surface area contributed by atoms with Crippen molar-refractivity contribution in [2.24, 2.45) is 11.3 Å². The quantitative estimate of drug-likeness (QED) is 0.651. The average molecular weight is 193 g/mol. The van der Waals surface area contributed by atoms with Crippen molar-refractivity contribution in [1.82, 2.24) is 4.90 Å². The first-order valence-corrected chi connectivity index (χ1v) is 6.39. The molecule has 0 N–H and O–H groups in total. The Morgan fingerprint density at radius 3 is 2.64 bits per heavy atom. The van der Waals surface area contributed by atoms with Gasteiger partial charge in [0.15, 0.2) is 0 Å². The number of nitrogens with zero attached hydrogens (tertiary/aromatic N) is 1. The van der Waals surface area contributed by atoms with E-state index in [1.165, 1.54) is 51.6 Å². The third-order valence-corrected chi connectivity index (χ3v) is 4.72. The lowest BCUT2D eigenvalue weighted by Gasteiger charge is -2.33. The summed E-state index contributed by atoms with van der Waals surface area (Å²) in [4.78, 5) is 2.85. The molecule has 0 amide bonds. The standard InChI is InChI=1S/C13H23N/c1-11(2)8-13-4-3-7-14(13)10-12(9-13)5-6-12/h11H,3-10H2,1-2H3. The molecule has 3 aliphatic rings. The lowest BCUT2D eigenvalue weighted by molar-refractivity contribution is 0.163. The molecule has 2 saturated heterocycles. The summed E-state index contributed by atoms with van der Waals surface area (Å²) in [7, 11) is 0. The fraction of sp³-hybridized carbons (Fsp3) is 1.00. The van der Waals surface area contributed by atoms with Crippen LogP contribution in [-0.4, -0.2) is 23.5 Å². The monoisotopic (exact) mass is 193 g/mol. The van der Waals surface area contributed by atoms with Crippen molar-refractivity contribution in [3.05, 3.63) is 0 Å². The normalized spacial score (nSPS) is 39.6. The highest BCUT2D eigenvalue weighted by molar-refractivity contribution is 5.13. The molecular formula is C13H23N. The van der Waals surface area contributed by atoms with Gasteiger partial charge in [-0.2, -0.15) is 0 Å². The topological polar surface area (TPSA) is 3.24 Å². The molecule has 1 aliphatic carbocycles. The molecule has 0 aromatic carbocycles. The molecule has 80 valence electrons. The zero-order chi connectivity index (χ0) is 9.81. The first kappa shape index (κ1) is 9.21. The van der Waals surface area contributed by atoms with Gasteiger partial charge < -0.3 is 0 Å². The zero-order valence-electron chi connectivity index (χ0n) is 9.68. The van der Waals surface area contributed by atoms with Crippen molar-refractivity contribution in [2.45, 2.75) is 57.9 Å². The van der Waals surface area contributed by atoms with Crippen LogP contribution in [-0.2, 0) is 0 Å². The van der Waals surface area contributed by atoms with Crippen molar-refractivity contribution >= 4 is 0 Å². The average Bonchev–Trinajstić information content (AvgIpc) is 2.59. The second kappa shape index (κ2) is 2.75. The Hall–Kier alpha value is -0.0400. The molecule has 0 bridgehead atoms. The summed E-state index contributed by atoms with van der Waals surface area (Å²) in [6.07, 6.45) is 9.01. The van der Waals surface area contributed by atoms with E-state index in [0.717, 1.165) is 11.3 Å². The molecule has 1 nitrogen and oxygen atoms in total. The van der Waals surface area contributed by atoms with E-state index in [1.54, 1.807) is 0 Å². The molecule has 14 heavy (non-hydrogen) atoms. The fourth-order valence-corrected chi connectivity index (χ4v) is 4.17. The van der Waals surface area contributed by atoms with E-state index in [9.17, 15) is 0 Å². The zero-order valence-corrected chi connectivity index (χ0v) is 9.68. The van der Waals surface area contributed by atoms with E-state index in [0.29, 0.717) is 5.54 Å². The Balaban J connectivity index is 1.81. The summed E-state index contributed by atoms with van der Waals surface area (Å²) in [5, 5.41) is 0. The highest BCUT2D eigenvalue weighted by Crippen LogP contribution is 2.61. The van der Waals surface area contributed by atoms with Gasteiger partial charge in [-0.25, -0.2) is 0 Å². The second-order valence-corrected chi connectivity index (χ2v) is 6.52. The lowest BCUT2D eigenvalue weighted by Crippen LogP contribution is -2.39. The Morgan fingerprint density at radius 2 is 2.00 bits per heavy atom. The van der Waals surface area contributed by atoms with Gasteiger partial charge in [-0.15, -0.1) is 0 Å². The highest BCUT2D eigenvalue weighted by Gasteiger charge is 2.59. The Labute approximate surface area is 87.9 Å².